The number of halogens is 3. The highest BCUT2D eigenvalue weighted by Gasteiger charge is 2.19. The minimum absolute atomic E-state index is 0.0609. The summed E-state index contributed by atoms with van der Waals surface area (Å²) in [5, 5.41) is 5.08. The zero-order valence-corrected chi connectivity index (χ0v) is 15.1. The number of hydrogen-bond donors (Lipinski definition) is 2. The summed E-state index contributed by atoms with van der Waals surface area (Å²) in [7, 11) is 1.92. The van der Waals surface area contributed by atoms with Crippen LogP contribution in [0.5, 0.6) is 0 Å². The second-order valence-electron chi connectivity index (χ2n) is 4.56. The van der Waals surface area contributed by atoms with E-state index in [1.807, 2.05) is 36.9 Å². The Hall–Kier alpha value is -0.400. The van der Waals surface area contributed by atoms with Crippen molar-refractivity contribution in [3.63, 3.8) is 0 Å². The zero-order chi connectivity index (χ0) is 14.9. The van der Waals surface area contributed by atoms with Crippen LogP contribution in [-0.4, -0.2) is 9.78 Å². The van der Waals surface area contributed by atoms with E-state index >= 15 is 0 Å². The number of benzene rings is 1. The monoisotopic (exact) mass is 420 g/mol. The number of hydrazine groups is 1. The fourth-order valence-corrected chi connectivity index (χ4v) is 3.34. The molecule has 0 bridgehead atoms. The van der Waals surface area contributed by atoms with E-state index in [1.54, 1.807) is 0 Å². The van der Waals surface area contributed by atoms with Gasteiger partial charge in [0, 0.05) is 23.0 Å². The summed E-state index contributed by atoms with van der Waals surface area (Å²) >= 11 is 13.2. The second kappa shape index (κ2) is 6.58. The average Bonchev–Trinajstić information content (AvgIpc) is 2.65. The summed E-state index contributed by atoms with van der Waals surface area (Å²) in [5.41, 5.74) is 5.91. The second-order valence-corrected chi connectivity index (χ2v) is 6.64. The quantitative estimate of drug-likeness (QED) is 0.584. The highest BCUT2D eigenvalue weighted by atomic mass is 79.9. The minimum Gasteiger partial charge on any atom is -0.271 e. The first-order valence-corrected chi connectivity index (χ1v) is 7.99. The van der Waals surface area contributed by atoms with Crippen LogP contribution in [0.15, 0.2) is 27.1 Å². The van der Waals surface area contributed by atoms with Crippen molar-refractivity contribution in [3.05, 3.63) is 49.1 Å². The Labute approximate surface area is 139 Å². The standard InChI is InChI=1S/C13H15Br2ClN4/c1-7-13(15)12(20(2)19-7)6-11(18-17)9-5-8(16)3-4-10(9)14/h3-5,11,18H,6,17H2,1-2H3. The van der Waals surface area contributed by atoms with Crippen LogP contribution in [0.3, 0.4) is 0 Å². The normalized spacial score (nSPS) is 12.7. The summed E-state index contributed by atoms with van der Waals surface area (Å²) in [6.45, 7) is 1.97. The van der Waals surface area contributed by atoms with Crippen LogP contribution < -0.4 is 11.3 Å². The third-order valence-electron chi connectivity index (χ3n) is 3.19. The fourth-order valence-electron chi connectivity index (χ4n) is 2.14. The van der Waals surface area contributed by atoms with E-state index in [1.165, 1.54) is 0 Å². The largest absolute Gasteiger partial charge is 0.271 e. The lowest BCUT2D eigenvalue weighted by Gasteiger charge is -2.18. The van der Waals surface area contributed by atoms with Crippen LogP contribution >= 0.6 is 43.5 Å². The summed E-state index contributed by atoms with van der Waals surface area (Å²) in [6.07, 6.45) is 0.702. The average molecular weight is 423 g/mol. The van der Waals surface area contributed by atoms with Crippen molar-refractivity contribution in [1.29, 1.82) is 0 Å². The lowest BCUT2D eigenvalue weighted by molar-refractivity contribution is 0.527. The number of nitrogens with two attached hydrogens (primary N) is 1. The van der Waals surface area contributed by atoms with E-state index in [2.05, 4.69) is 42.4 Å². The number of nitrogens with one attached hydrogen (secondary N) is 1. The van der Waals surface area contributed by atoms with Gasteiger partial charge in [-0.1, -0.05) is 27.5 Å². The summed E-state index contributed by atoms with van der Waals surface area (Å²) in [6, 6.07) is 5.61. The highest BCUT2D eigenvalue weighted by Crippen LogP contribution is 2.31. The van der Waals surface area contributed by atoms with E-state index in [0.29, 0.717) is 11.4 Å². The van der Waals surface area contributed by atoms with E-state index < -0.39 is 0 Å². The molecule has 1 aromatic heterocycles. The Morgan fingerprint density at radius 3 is 2.70 bits per heavy atom. The molecule has 3 N–H and O–H groups in total. The molecule has 0 amide bonds. The van der Waals surface area contributed by atoms with Crippen LogP contribution in [0.25, 0.3) is 0 Å². The van der Waals surface area contributed by atoms with Crippen LogP contribution in [-0.2, 0) is 13.5 Å². The molecular formula is C13H15Br2ClN4. The van der Waals surface area contributed by atoms with Gasteiger partial charge in [-0.05, 0) is 46.6 Å². The molecule has 0 aliphatic heterocycles. The smallest absolute Gasteiger partial charge is 0.0738 e. The van der Waals surface area contributed by atoms with Crippen LogP contribution in [0.4, 0.5) is 0 Å². The first-order chi connectivity index (χ1) is 9.43. The van der Waals surface area contributed by atoms with Crippen molar-refractivity contribution in [2.45, 2.75) is 19.4 Å². The molecule has 20 heavy (non-hydrogen) atoms. The van der Waals surface area contributed by atoms with Gasteiger partial charge in [0.2, 0.25) is 0 Å². The number of aryl methyl sites for hydroxylation is 2. The van der Waals surface area contributed by atoms with Gasteiger partial charge in [0.05, 0.1) is 21.9 Å². The Morgan fingerprint density at radius 1 is 1.45 bits per heavy atom. The fraction of sp³-hybridized carbons (Fsp3) is 0.308. The first-order valence-electron chi connectivity index (χ1n) is 6.03. The molecule has 2 aromatic rings. The predicted octanol–water partition coefficient (Wildman–Crippen LogP) is 3.65. The summed E-state index contributed by atoms with van der Waals surface area (Å²) in [4.78, 5) is 0. The lowest BCUT2D eigenvalue weighted by Crippen LogP contribution is -2.30. The molecule has 0 fully saturated rings. The van der Waals surface area contributed by atoms with Gasteiger partial charge in [0.15, 0.2) is 0 Å². The van der Waals surface area contributed by atoms with Crippen molar-refractivity contribution in [3.8, 4) is 0 Å². The molecule has 0 aliphatic carbocycles. The van der Waals surface area contributed by atoms with Gasteiger partial charge in [-0.2, -0.15) is 5.10 Å². The number of hydrogen-bond acceptors (Lipinski definition) is 3. The van der Waals surface area contributed by atoms with E-state index in [0.717, 1.165) is 25.9 Å². The topological polar surface area (TPSA) is 55.9 Å². The number of nitrogens with zero attached hydrogens (tertiary/aromatic N) is 2. The van der Waals surface area contributed by atoms with Gasteiger partial charge in [0.1, 0.15) is 0 Å². The van der Waals surface area contributed by atoms with Gasteiger partial charge in [0.25, 0.3) is 0 Å². The van der Waals surface area contributed by atoms with Gasteiger partial charge in [-0.3, -0.25) is 16.0 Å². The molecule has 1 unspecified atom stereocenters. The van der Waals surface area contributed by atoms with Crippen molar-refractivity contribution in [2.75, 3.05) is 0 Å². The van der Waals surface area contributed by atoms with E-state index in [-0.39, 0.29) is 6.04 Å². The molecule has 2 rings (SSSR count). The number of aromatic nitrogens is 2. The number of rotatable bonds is 4. The Morgan fingerprint density at radius 2 is 2.15 bits per heavy atom. The molecule has 0 aliphatic rings. The molecule has 0 saturated carbocycles. The Bertz CT molecular complexity index is 627. The van der Waals surface area contributed by atoms with Crippen molar-refractivity contribution in [1.82, 2.24) is 15.2 Å². The SMILES string of the molecule is Cc1nn(C)c(CC(NN)c2cc(Cl)ccc2Br)c1Br. The molecule has 4 nitrogen and oxygen atoms in total. The predicted molar refractivity (Wildman–Crippen MR) is 88.6 cm³/mol. The van der Waals surface area contributed by atoms with Crippen LogP contribution in [0.1, 0.15) is 23.0 Å². The van der Waals surface area contributed by atoms with Crippen LogP contribution in [0.2, 0.25) is 5.02 Å². The molecule has 7 heteroatoms. The van der Waals surface area contributed by atoms with Gasteiger partial charge >= 0.3 is 0 Å². The third-order valence-corrected chi connectivity index (χ3v) is 5.18. The molecule has 0 radical (unpaired) electrons. The van der Waals surface area contributed by atoms with Gasteiger partial charge in [-0.25, -0.2) is 0 Å². The molecular weight excluding hydrogens is 407 g/mol. The molecule has 1 aromatic carbocycles. The Balaban J connectivity index is 2.36. The molecule has 1 atom stereocenters. The maximum atomic E-state index is 6.07. The van der Waals surface area contributed by atoms with Crippen molar-refractivity contribution in [2.24, 2.45) is 12.9 Å². The molecule has 1 heterocycles. The maximum Gasteiger partial charge on any atom is 0.0738 e. The highest BCUT2D eigenvalue weighted by molar-refractivity contribution is 9.10. The summed E-state index contributed by atoms with van der Waals surface area (Å²) < 4.78 is 3.85. The van der Waals surface area contributed by atoms with Crippen molar-refractivity contribution < 1.29 is 0 Å². The minimum atomic E-state index is -0.0609. The zero-order valence-electron chi connectivity index (χ0n) is 11.1. The summed E-state index contributed by atoms with van der Waals surface area (Å²) in [5.74, 6) is 5.72. The molecule has 0 spiro atoms. The van der Waals surface area contributed by atoms with E-state index in [9.17, 15) is 0 Å². The van der Waals surface area contributed by atoms with Gasteiger partial charge < -0.3 is 0 Å². The van der Waals surface area contributed by atoms with E-state index in [4.69, 9.17) is 17.4 Å². The maximum absolute atomic E-state index is 6.07. The van der Waals surface area contributed by atoms with Crippen molar-refractivity contribution >= 4 is 43.5 Å². The Kier molecular flexibility index (Phi) is 5.25. The third kappa shape index (κ3) is 3.26. The lowest BCUT2D eigenvalue weighted by atomic mass is 10.0. The first kappa shape index (κ1) is 16.0. The van der Waals surface area contributed by atoms with Crippen LogP contribution in [0, 0.1) is 6.92 Å². The molecule has 0 saturated heterocycles. The molecule has 108 valence electrons. The van der Waals surface area contributed by atoms with Gasteiger partial charge in [-0.15, -0.1) is 0 Å².